The lowest BCUT2D eigenvalue weighted by Crippen LogP contribution is -1.99. The van der Waals surface area contributed by atoms with Crippen LogP contribution in [-0.4, -0.2) is 13.1 Å². The second kappa shape index (κ2) is 22.8. The molecule has 168 valence electrons. The van der Waals surface area contributed by atoms with Crippen LogP contribution in [0.2, 0.25) is 0 Å². The highest BCUT2D eigenvalue weighted by Crippen LogP contribution is 2.18. The third-order valence-corrected chi connectivity index (χ3v) is 6.11. The molecule has 2 nitrogen and oxygen atoms in total. The van der Waals surface area contributed by atoms with Crippen molar-refractivity contribution in [1.29, 1.82) is 0 Å². The molecule has 0 aliphatic heterocycles. The third kappa shape index (κ3) is 21.8. The first kappa shape index (κ1) is 27.5. The molecule has 0 heterocycles. The van der Waals surface area contributed by atoms with E-state index < -0.39 is 0 Å². The summed E-state index contributed by atoms with van der Waals surface area (Å²) in [4.78, 5) is 11.0. The van der Waals surface area contributed by atoms with Crippen LogP contribution in [0, 0.1) is 5.92 Å². The van der Waals surface area contributed by atoms with Gasteiger partial charge in [-0.3, -0.25) is 4.79 Å². The highest BCUT2D eigenvalue weighted by molar-refractivity contribution is 5.68. The summed E-state index contributed by atoms with van der Waals surface area (Å²) >= 11 is 0. The van der Waals surface area contributed by atoms with Gasteiger partial charge in [-0.25, -0.2) is 0 Å². The Morgan fingerprint density at radius 2 is 0.964 bits per heavy atom. The Morgan fingerprint density at radius 3 is 1.36 bits per heavy atom. The molecule has 0 amide bonds. The van der Waals surface area contributed by atoms with Gasteiger partial charge in [0, 0.05) is 6.42 Å². The molecule has 2 heteroatoms. The number of carbonyl (C=O) groups excluding carboxylic acids is 1. The Kier molecular flexibility index (Phi) is 22.3. The Labute approximate surface area is 177 Å². The fourth-order valence-corrected chi connectivity index (χ4v) is 4.05. The topological polar surface area (TPSA) is 26.3 Å². The second-order valence-electron chi connectivity index (χ2n) is 9.02. The van der Waals surface area contributed by atoms with Gasteiger partial charge < -0.3 is 4.74 Å². The molecule has 0 aliphatic carbocycles. The van der Waals surface area contributed by atoms with Crippen molar-refractivity contribution >= 4 is 5.97 Å². The minimum absolute atomic E-state index is 0.0626. The fraction of sp³-hybridized carbons (Fsp3) is 0.962. The Hall–Kier alpha value is -0.530. The molecule has 0 fully saturated rings. The van der Waals surface area contributed by atoms with Crippen LogP contribution in [0.3, 0.4) is 0 Å². The molecule has 0 N–H and O–H groups in total. The number of esters is 1. The Morgan fingerprint density at radius 1 is 0.607 bits per heavy atom. The van der Waals surface area contributed by atoms with Crippen molar-refractivity contribution in [2.24, 2.45) is 5.92 Å². The van der Waals surface area contributed by atoms with Gasteiger partial charge >= 0.3 is 5.97 Å². The molecule has 0 aromatic rings. The summed E-state index contributed by atoms with van der Waals surface area (Å²) in [7, 11) is 1.47. The highest BCUT2D eigenvalue weighted by Gasteiger charge is 2.02. The molecule has 0 radical (unpaired) electrons. The van der Waals surface area contributed by atoms with E-state index in [4.69, 9.17) is 0 Å². The lowest BCUT2D eigenvalue weighted by atomic mass is 9.96. The predicted octanol–water partition coefficient (Wildman–Crippen LogP) is 9.01. The SMILES string of the molecule is CCCCCCC(C)CCCCCCCCCCCCCCCCC(=O)OC. The van der Waals surface area contributed by atoms with Gasteiger partial charge in [0.2, 0.25) is 0 Å². The molecule has 28 heavy (non-hydrogen) atoms. The van der Waals surface area contributed by atoms with Crippen LogP contribution in [0.5, 0.6) is 0 Å². The molecule has 1 unspecified atom stereocenters. The summed E-state index contributed by atoms with van der Waals surface area (Å²) in [6.45, 7) is 4.75. The number of unbranched alkanes of at least 4 members (excludes halogenated alkanes) is 16. The Balaban J connectivity index is 3.11. The van der Waals surface area contributed by atoms with Gasteiger partial charge in [-0.15, -0.1) is 0 Å². The van der Waals surface area contributed by atoms with Crippen molar-refractivity contribution < 1.29 is 9.53 Å². The van der Waals surface area contributed by atoms with Gasteiger partial charge in [-0.1, -0.05) is 136 Å². The van der Waals surface area contributed by atoms with E-state index in [0.717, 1.165) is 12.3 Å². The van der Waals surface area contributed by atoms with Gasteiger partial charge in [-0.05, 0) is 12.3 Å². The first-order valence-corrected chi connectivity index (χ1v) is 12.8. The van der Waals surface area contributed by atoms with E-state index in [-0.39, 0.29) is 5.97 Å². The third-order valence-electron chi connectivity index (χ3n) is 6.11. The van der Waals surface area contributed by atoms with Crippen LogP contribution >= 0.6 is 0 Å². The van der Waals surface area contributed by atoms with Crippen LogP contribution in [0.25, 0.3) is 0 Å². The van der Waals surface area contributed by atoms with Crippen LogP contribution in [0.15, 0.2) is 0 Å². The molecule has 0 saturated carbocycles. The van der Waals surface area contributed by atoms with Gasteiger partial charge in [-0.2, -0.15) is 0 Å². The summed E-state index contributed by atoms with van der Waals surface area (Å²) in [5.74, 6) is 0.886. The molecule has 0 aliphatic rings. The quantitative estimate of drug-likeness (QED) is 0.135. The predicted molar refractivity (Wildman–Crippen MR) is 124 cm³/mol. The summed E-state index contributed by atoms with van der Waals surface area (Å²) in [6.07, 6.45) is 28.2. The number of methoxy groups -OCH3 is 1. The minimum Gasteiger partial charge on any atom is -0.469 e. The first-order chi connectivity index (χ1) is 13.7. The normalized spacial score (nSPS) is 12.2. The van der Waals surface area contributed by atoms with Crippen molar-refractivity contribution in [3.05, 3.63) is 0 Å². The number of carbonyl (C=O) groups is 1. The van der Waals surface area contributed by atoms with Crippen LogP contribution < -0.4 is 0 Å². The maximum atomic E-state index is 11.0. The van der Waals surface area contributed by atoms with Gasteiger partial charge in [0.15, 0.2) is 0 Å². The summed E-state index contributed by atoms with van der Waals surface area (Å²) < 4.78 is 4.66. The summed E-state index contributed by atoms with van der Waals surface area (Å²) in [6, 6.07) is 0. The largest absolute Gasteiger partial charge is 0.469 e. The Bertz CT molecular complexity index is 314. The highest BCUT2D eigenvalue weighted by atomic mass is 16.5. The smallest absolute Gasteiger partial charge is 0.305 e. The van der Waals surface area contributed by atoms with Crippen LogP contribution in [0.4, 0.5) is 0 Å². The van der Waals surface area contributed by atoms with E-state index in [0.29, 0.717) is 6.42 Å². The minimum atomic E-state index is -0.0626. The summed E-state index contributed by atoms with van der Waals surface area (Å²) in [5.41, 5.74) is 0. The van der Waals surface area contributed by atoms with Gasteiger partial charge in [0.25, 0.3) is 0 Å². The molecule has 0 rings (SSSR count). The van der Waals surface area contributed by atoms with Crippen molar-refractivity contribution in [2.45, 2.75) is 149 Å². The van der Waals surface area contributed by atoms with E-state index in [9.17, 15) is 4.79 Å². The molecule has 1 atom stereocenters. The molecule has 0 bridgehead atoms. The zero-order valence-corrected chi connectivity index (χ0v) is 19.7. The van der Waals surface area contributed by atoms with Gasteiger partial charge in [0.05, 0.1) is 7.11 Å². The van der Waals surface area contributed by atoms with Crippen molar-refractivity contribution in [1.82, 2.24) is 0 Å². The molecular weight excluding hydrogens is 344 g/mol. The zero-order chi connectivity index (χ0) is 20.7. The average Bonchev–Trinajstić information content (AvgIpc) is 2.70. The standard InChI is InChI=1S/C26H52O2/c1-4-5-6-19-22-25(2)23-20-17-15-13-11-9-7-8-10-12-14-16-18-21-24-26(27)28-3/h25H,4-24H2,1-3H3. The number of hydrogen-bond acceptors (Lipinski definition) is 2. The maximum Gasteiger partial charge on any atom is 0.305 e. The van der Waals surface area contributed by atoms with E-state index >= 15 is 0 Å². The van der Waals surface area contributed by atoms with Crippen LogP contribution in [0.1, 0.15) is 149 Å². The molecule has 0 aromatic heterocycles. The molecule has 0 saturated heterocycles. The van der Waals surface area contributed by atoms with Crippen molar-refractivity contribution in [2.75, 3.05) is 7.11 Å². The van der Waals surface area contributed by atoms with Crippen molar-refractivity contribution in [3.63, 3.8) is 0 Å². The first-order valence-electron chi connectivity index (χ1n) is 12.8. The van der Waals surface area contributed by atoms with E-state index in [1.165, 1.54) is 129 Å². The number of hydrogen-bond donors (Lipinski definition) is 0. The summed E-state index contributed by atoms with van der Waals surface area (Å²) in [5, 5.41) is 0. The number of rotatable bonds is 22. The lowest BCUT2D eigenvalue weighted by Gasteiger charge is -2.10. The fourth-order valence-electron chi connectivity index (χ4n) is 4.05. The zero-order valence-electron chi connectivity index (χ0n) is 19.7. The van der Waals surface area contributed by atoms with Crippen LogP contribution in [-0.2, 0) is 9.53 Å². The second-order valence-corrected chi connectivity index (χ2v) is 9.02. The monoisotopic (exact) mass is 396 g/mol. The maximum absolute atomic E-state index is 11.0. The number of ether oxygens (including phenoxy) is 1. The van der Waals surface area contributed by atoms with E-state index in [1.807, 2.05) is 0 Å². The average molecular weight is 397 g/mol. The molecule has 0 spiro atoms. The van der Waals surface area contributed by atoms with E-state index in [1.54, 1.807) is 0 Å². The molecular formula is C26H52O2. The van der Waals surface area contributed by atoms with E-state index in [2.05, 4.69) is 18.6 Å². The lowest BCUT2D eigenvalue weighted by molar-refractivity contribution is -0.140. The molecule has 0 aromatic carbocycles. The van der Waals surface area contributed by atoms with Gasteiger partial charge in [0.1, 0.15) is 0 Å². The van der Waals surface area contributed by atoms with Crippen molar-refractivity contribution in [3.8, 4) is 0 Å².